The lowest BCUT2D eigenvalue weighted by Crippen LogP contribution is -2.60. The number of hydrogen-bond acceptors (Lipinski definition) is 3. The summed E-state index contributed by atoms with van der Waals surface area (Å²) in [6, 6.07) is 0.581. The van der Waals surface area contributed by atoms with Gasteiger partial charge in [0.1, 0.15) is 6.17 Å². The summed E-state index contributed by atoms with van der Waals surface area (Å²) in [5.41, 5.74) is 6.15. The Balaban J connectivity index is 1.59. The van der Waals surface area contributed by atoms with Crippen molar-refractivity contribution in [2.45, 2.75) is 56.8 Å². The molecular formula is C15H26FN3O. The summed E-state index contributed by atoms with van der Waals surface area (Å²) < 4.78 is 12.9. The molecule has 2 heterocycles. The van der Waals surface area contributed by atoms with Crippen LogP contribution >= 0.6 is 0 Å². The average molecular weight is 283 g/mol. The first-order chi connectivity index (χ1) is 9.65. The molecule has 2 saturated heterocycles. The van der Waals surface area contributed by atoms with E-state index < -0.39 is 6.17 Å². The lowest BCUT2D eigenvalue weighted by atomic mass is 9.86. The van der Waals surface area contributed by atoms with E-state index in [9.17, 15) is 9.18 Å². The van der Waals surface area contributed by atoms with Crippen LogP contribution in [0.15, 0.2) is 0 Å². The molecule has 2 atom stereocenters. The summed E-state index contributed by atoms with van der Waals surface area (Å²) in [6.07, 6.45) is 6.53. The zero-order chi connectivity index (χ0) is 14.1. The highest BCUT2D eigenvalue weighted by atomic mass is 19.1. The topological polar surface area (TPSA) is 49.6 Å². The summed E-state index contributed by atoms with van der Waals surface area (Å²) >= 11 is 0. The Kier molecular flexibility index (Phi) is 4.26. The van der Waals surface area contributed by atoms with E-state index in [0.717, 1.165) is 19.5 Å². The van der Waals surface area contributed by atoms with Crippen LogP contribution in [0.5, 0.6) is 0 Å². The van der Waals surface area contributed by atoms with Crippen molar-refractivity contribution in [3.05, 3.63) is 0 Å². The lowest BCUT2D eigenvalue weighted by molar-refractivity contribution is -0.145. The fourth-order valence-electron chi connectivity index (χ4n) is 3.87. The molecule has 0 aromatic rings. The molecule has 3 aliphatic rings. The van der Waals surface area contributed by atoms with Crippen LogP contribution in [0.2, 0.25) is 0 Å². The molecule has 3 fully saturated rings. The van der Waals surface area contributed by atoms with E-state index in [0.29, 0.717) is 6.04 Å². The smallest absolute Gasteiger partial charge is 0.228 e. The number of likely N-dealkylation sites (tertiary alicyclic amines) is 2. The number of halogens is 1. The van der Waals surface area contributed by atoms with Gasteiger partial charge < -0.3 is 10.6 Å². The van der Waals surface area contributed by atoms with Gasteiger partial charge in [-0.25, -0.2) is 4.39 Å². The monoisotopic (exact) mass is 283 g/mol. The van der Waals surface area contributed by atoms with Crippen molar-refractivity contribution >= 4 is 5.91 Å². The van der Waals surface area contributed by atoms with Crippen molar-refractivity contribution in [3.8, 4) is 0 Å². The molecule has 0 spiro atoms. The fraction of sp³-hybridized carbons (Fsp3) is 0.933. The Bertz CT molecular complexity index is 353. The van der Waals surface area contributed by atoms with Crippen LogP contribution < -0.4 is 5.73 Å². The van der Waals surface area contributed by atoms with Crippen LogP contribution in [-0.4, -0.2) is 60.1 Å². The second-order valence-electron chi connectivity index (χ2n) is 6.69. The number of alkyl halides is 1. The summed E-state index contributed by atoms with van der Waals surface area (Å²) in [6.45, 7) is 2.33. The number of amides is 1. The van der Waals surface area contributed by atoms with Crippen molar-refractivity contribution in [1.82, 2.24) is 9.80 Å². The largest absolute Gasteiger partial charge is 0.336 e. The predicted octanol–water partition coefficient (Wildman–Crippen LogP) is 1.15. The Labute approximate surface area is 120 Å². The second kappa shape index (κ2) is 5.98. The molecule has 5 heteroatoms. The molecule has 1 saturated carbocycles. The normalized spacial score (nSPS) is 34.0. The number of nitrogens with two attached hydrogens (primary N) is 1. The third-order valence-electron chi connectivity index (χ3n) is 5.25. The van der Waals surface area contributed by atoms with E-state index in [1.165, 1.54) is 32.1 Å². The van der Waals surface area contributed by atoms with Gasteiger partial charge in [-0.3, -0.25) is 9.69 Å². The van der Waals surface area contributed by atoms with Crippen molar-refractivity contribution in [2.75, 3.05) is 26.2 Å². The van der Waals surface area contributed by atoms with Gasteiger partial charge in [-0.1, -0.05) is 19.3 Å². The summed E-state index contributed by atoms with van der Waals surface area (Å²) in [5.74, 6) is -0.0508. The van der Waals surface area contributed by atoms with Crippen LogP contribution in [0.3, 0.4) is 0 Å². The Morgan fingerprint density at radius 3 is 2.40 bits per heavy atom. The van der Waals surface area contributed by atoms with Crippen molar-refractivity contribution < 1.29 is 9.18 Å². The number of hydrogen-bond donors (Lipinski definition) is 1. The average Bonchev–Trinajstić information content (AvgIpc) is 2.45. The van der Waals surface area contributed by atoms with Gasteiger partial charge in [-0.2, -0.15) is 0 Å². The number of carbonyl (C=O) groups excluding carboxylic acids is 1. The van der Waals surface area contributed by atoms with E-state index >= 15 is 0 Å². The van der Waals surface area contributed by atoms with Gasteiger partial charge in [0.05, 0.1) is 19.0 Å². The molecule has 2 aliphatic heterocycles. The van der Waals surface area contributed by atoms with E-state index in [1.807, 2.05) is 0 Å². The van der Waals surface area contributed by atoms with Gasteiger partial charge >= 0.3 is 0 Å². The number of carbonyl (C=O) groups is 1. The molecule has 1 amide bonds. The Hall–Kier alpha value is -0.680. The third-order valence-corrected chi connectivity index (χ3v) is 5.25. The molecule has 2 N–H and O–H groups in total. The molecule has 1 aliphatic carbocycles. The molecular weight excluding hydrogens is 257 g/mol. The molecule has 3 rings (SSSR count). The highest BCUT2D eigenvalue weighted by molar-refractivity contribution is 5.80. The Morgan fingerprint density at radius 2 is 1.75 bits per heavy atom. The minimum absolute atomic E-state index is 0.0546. The maximum absolute atomic E-state index is 12.9. The van der Waals surface area contributed by atoms with Gasteiger partial charge in [0.2, 0.25) is 5.91 Å². The summed E-state index contributed by atoms with van der Waals surface area (Å²) in [5, 5.41) is 0. The van der Waals surface area contributed by atoms with Gasteiger partial charge in [0, 0.05) is 18.6 Å². The molecule has 4 nitrogen and oxygen atoms in total. The fourth-order valence-corrected chi connectivity index (χ4v) is 3.87. The molecule has 20 heavy (non-hydrogen) atoms. The molecule has 0 unspecified atom stereocenters. The maximum atomic E-state index is 12.9. The van der Waals surface area contributed by atoms with Crippen molar-refractivity contribution in [3.63, 3.8) is 0 Å². The molecule has 0 aromatic carbocycles. The van der Waals surface area contributed by atoms with Crippen LogP contribution in [0.1, 0.15) is 38.5 Å². The number of rotatable bonds is 2. The second-order valence-corrected chi connectivity index (χ2v) is 6.69. The lowest BCUT2D eigenvalue weighted by Gasteiger charge is -2.45. The summed E-state index contributed by atoms with van der Waals surface area (Å²) in [7, 11) is 0. The highest BCUT2D eigenvalue weighted by Crippen LogP contribution is 2.28. The van der Waals surface area contributed by atoms with Gasteiger partial charge in [0.15, 0.2) is 0 Å². The van der Waals surface area contributed by atoms with Gasteiger partial charge in [0.25, 0.3) is 0 Å². The third kappa shape index (κ3) is 2.84. The van der Waals surface area contributed by atoms with E-state index in [1.54, 1.807) is 4.90 Å². The Morgan fingerprint density at radius 1 is 1.05 bits per heavy atom. The minimum Gasteiger partial charge on any atom is -0.336 e. The first kappa shape index (κ1) is 14.3. The first-order valence-electron chi connectivity index (χ1n) is 8.07. The zero-order valence-electron chi connectivity index (χ0n) is 12.1. The van der Waals surface area contributed by atoms with E-state index in [-0.39, 0.29) is 31.0 Å². The van der Waals surface area contributed by atoms with Crippen LogP contribution in [-0.2, 0) is 4.79 Å². The van der Waals surface area contributed by atoms with Gasteiger partial charge in [-0.05, 0) is 25.8 Å². The molecule has 0 radical (unpaired) electrons. The quantitative estimate of drug-likeness (QED) is 0.827. The predicted molar refractivity (Wildman–Crippen MR) is 76.0 cm³/mol. The standard InChI is InChI=1S/C15H26FN3O/c16-11-8-19(9-11)15(20)13-10-18(7-6-14(13)17)12-4-2-1-3-5-12/h11-14H,1-10,17H2/t13-,14-/m1/s1. The maximum Gasteiger partial charge on any atom is 0.228 e. The zero-order valence-corrected chi connectivity index (χ0v) is 12.1. The van der Waals surface area contributed by atoms with Crippen LogP contribution in [0.4, 0.5) is 4.39 Å². The molecule has 0 bridgehead atoms. The van der Waals surface area contributed by atoms with Crippen molar-refractivity contribution in [1.29, 1.82) is 0 Å². The SMILES string of the molecule is N[C@@H]1CCN(C2CCCCC2)C[C@H]1C(=O)N1CC(F)C1. The first-order valence-corrected chi connectivity index (χ1v) is 8.07. The van der Waals surface area contributed by atoms with Crippen LogP contribution in [0, 0.1) is 5.92 Å². The number of piperidine rings is 1. The molecule has 0 aromatic heterocycles. The highest BCUT2D eigenvalue weighted by Gasteiger charge is 2.40. The minimum atomic E-state index is -0.826. The van der Waals surface area contributed by atoms with Crippen molar-refractivity contribution in [2.24, 2.45) is 11.7 Å². The number of nitrogens with zero attached hydrogens (tertiary/aromatic N) is 2. The summed E-state index contributed by atoms with van der Waals surface area (Å²) in [4.78, 5) is 16.5. The van der Waals surface area contributed by atoms with E-state index in [2.05, 4.69) is 4.90 Å². The van der Waals surface area contributed by atoms with E-state index in [4.69, 9.17) is 5.73 Å². The van der Waals surface area contributed by atoms with Gasteiger partial charge in [-0.15, -0.1) is 0 Å². The van der Waals surface area contributed by atoms with Crippen LogP contribution in [0.25, 0.3) is 0 Å². The molecule has 114 valence electrons.